The minimum Gasteiger partial charge on any atom is -0.349 e. The van der Waals surface area contributed by atoms with Crippen LogP contribution in [0.15, 0.2) is 54.7 Å². The Morgan fingerprint density at radius 2 is 2.07 bits per heavy atom. The van der Waals surface area contributed by atoms with Crippen molar-refractivity contribution in [3.8, 4) is 11.4 Å². The molecule has 0 spiro atoms. The van der Waals surface area contributed by atoms with Crippen molar-refractivity contribution >= 4 is 16.9 Å². The summed E-state index contributed by atoms with van der Waals surface area (Å²) in [6.45, 7) is 2.76. The third kappa shape index (κ3) is 3.43. The largest absolute Gasteiger partial charge is 0.349 e. The van der Waals surface area contributed by atoms with Crippen LogP contribution < -0.4 is 5.32 Å². The van der Waals surface area contributed by atoms with Gasteiger partial charge in [-0.2, -0.15) is 0 Å². The van der Waals surface area contributed by atoms with E-state index in [4.69, 9.17) is 4.98 Å². The average Bonchev–Trinajstić information content (AvgIpc) is 3.21. The summed E-state index contributed by atoms with van der Waals surface area (Å²) < 4.78 is 1.82. The van der Waals surface area contributed by atoms with E-state index in [1.165, 1.54) is 0 Å². The van der Waals surface area contributed by atoms with Gasteiger partial charge in [-0.3, -0.25) is 4.79 Å². The SMILES string of the molecule is CCn1nnc2cc(C(=O)N[C@@H]3CCc4nc(-c5ccccc5)ncc4C3)ccc21. The van der Waals surface area contributed by atoms with Gasteiger partial charge in [-0.15, -0.1) is 5.10 Å². The van der Waals surface area contributed by atoms with Crippen molar-refractivity contribution in [2.45, 2.75) is 38.8 Å². The predicted octanol–water partition coefficient (Wildman–Crippen LogP) is 3.20. The van der Waals surface area contributed by atoms with Gasteiger partial charge in [-0.25, -0.2) is 14.6 Å². The maximum atomic E-state index is 12.8. The zero-order chi connectivity index (χ0) is 20.5. The van der Waals surface area contributed by atoms with Crippen LogP contribution in [0.3, 0.4) is 0 Å². The second-order valence-corrected chi connectivity index (χ2v) is 7.55. The lowest BCUT2D eigenvalue weighted by Crippen LogP contribution is -2.39. The van der Waals surface area contributed by atoms with Crippen molar-refractivity contribution in [3.05, 3.63) is 71.5 Å². The lowest BCUT2D eigenvalue weighted by atomic mass is 9.92. The molecule has 150 valence electrons. The summed E-state index contributed by atoms with van der Waals surface area (Å²) in [4.78, 5) is 22.1. The minimum absolute atomic E-state index is 0.0678. The fourth-order valence-electron chi connectivity index (χ4n) is 3.97. The number of nitrogens with one attached hydrogen (secondary N) is 1. The number of amides is 1. The Bertz CT molecular complexity index is 1220. The highest BCUT2D eigenvalue weighted by molar-refractivity contribution is 5.97. The van der Waals surface area contributed by atoms with Gasteiger partial charge in [0.1, 0.15) is 5.52 Å². The van der Waals surface area contributed by atoms with Crippen molar-refractivity contribution in [2.75, 3.05) is 0 Å². The maximum Gasteiger partial charge on any atom is 0.251 e. The first kappa shape index (κ1) is 18.4. The van der Waals surface area contributed by atoms with Crippen molar-refractivity contribution < 1.29 is 4.79 Å². The van der Waals surface area contributed by atoms with E-state index >= 15 is 0 Å². The Hall–Kier alpha value is -3.61. The Morgan fingerprint density at radius 1 is 1.20 bits per heavy atom. The third-order valence-electron chi connectivity index (χ3n) is 5.59. The number of benzene rings is 2. The van der Waals surface area contributed by atoms with E-state index in [9.17, 15) is 4.79 Å². The van der Waals surface area contributed by atoms with Crippen LogP contribution in [-0.4, -0.2) is 36.9 Å². The van der Waals surface area contributed by atoms with Crippen LogP contribution in [0.1, 0.15) is 35.0 Å². The fourth-order valence-corrected chi connectivity index (χ4v) is 3.97. The Labute approximate surface area is 174 Å². The zero-order valence-corrected chi connectivity index (χ0v) is 16.7. The predicted molar refractivity (Wildman–Crippen MR) is 114 cm³/mol. The first-order valence-electron chi connectivity index (χ1n) is 10.3. The Morgan fingerprint density at radius 3 is 2.90 bits per heavy atom. The van der Waals surface area contributed by atoms with E-state index in [0.29, 0.717) is 5.56 Å². The monoisotopic (exact) mass is 398 g/mol. The second-order valence-electron chi connectivity index (χ2n) is 7.55. The molecule has 2 aromatic carbocycles. The smallest absolute Gasteiger partial charge is 0.251 e. The first-order valence-corrected chi connectivity index (χ1v) is 10.3. The standard InChI is InChI=1S/C23H22N6O/c1-2-29-21-11-8-16(13-20(21)27-28-29)23(30)25-18-9-10-19-17(12-18)14-24-22(26-19)15-6-4-3-5-7-15/h3-8,11,13-14,18H,2,9-10,12H2,1H3,(H,25,30)/t18-/m1/s1. The highest BCUT2D eigenvalue weighted by atomic mass is 16.1. The second kappa shape index (κ2) is 7.67. The van der Waals surface area contributed by atoms with Crippen LogP contribution in [-0.2, 0) is 19.4 Å². The fraction of sp³-hybridized carbons (Fsp3) is 0.261. The van der Waals surface area contributed by atoms with Gasteiger partial charge in [-0.1, -0.05) is 35.5 Å². The lowest BCUT2D eigenvalue weighted by Gasteiger charge is -2.25. The lowest BCUT2D eigenvalue weighted by molar-refractivity contribution is 0.0933. The van der Waals surface area contributed by atoms with Crippen LogP contribution in [0.5, 0.6) is 0 Å². The molecule has 0 fully saturated rings. The van der Waals surface area contributed by atoms with E-state index in [-0.39, 0.29) is 11.9 Å². The Balaban J connectivity index is 1.30. The van der Waals surface area contributed by atoms with Gasteiger partial charge in [0.15, 0.2) is 5.82 Å². The minimum atomic E-state index is -0.0850. The van der Waals surface area contributed by atoms with Crippen LogP contribution in [0.25, 0.3) is 22.4 Å². The number of nitrogens with zero attached hydrogens (tertiary/aromatic N) is 5. The molecule has 1 aliphatic carbocycles. The molecule has 0 saturated carbocycles. The van der Waals surface area contributed by atoms with E-state index in [2.05, 4.69) is 20.6 Å². The highest BCUT2D eigenvalue weighted by Crippen LogP contribution is 2.23. The van der Waals surface area contributed by atoms with Gasteiger partial charge in [0.25, 0.3) is 5.91 Å². The third-order valence-corrected chi connectivity index (χ3v) is 5.59. The van der Waals surface area contributed by atoms with E-state index in [1.54, 1.807) is 6.07 Å². The van der Waals surface area contributed by atoms with Crippen LogP contribution in [0.4, 0.5) is 0 Å². The molecule has 0 bridgehead atoms. The molecule has 1 amide bonds. The van der Waals surface area contributed by atoms with Crippen molar-refractivity contribution in [1.29, 1.82) is 0 Å². The molecule has 2 heterocycles. The molecule has 30 heavy (non-hydrogen) atoms. The summed E-state index contributed by atoms with van der Waals surface area (Å²) in [6, 6.07) is 15.6. The molecule has 0 saturated heterocycles. The number of hydrogen-bond acceptors (Lipinski definition) is 5. The normalized spacial score (nSPS) is 15.7. The first-order chi connectivity index (χ1) is 14.7. The number of rotatable bonds is 4. The van der Waals surface area contributed by atoms with Crippen molar-refractivity contribution in [1.82, 2.24) is 30.3 Å². The van der Waals surface area contributed by atoms with Gasteiger partial charge in [0, 0.05) is 35.6 Å². The Kier molecular flexibility index (Phi) is 4.71. The average molecular weight is 398 g/mol. The summed E-state index contributed by atoms with van der Waals surface area (Å²) in [6.07, 6.45) is 4.33. The summed E-state index contributed by atoms with van der Waals surface area (Å²) >= 11 is 0. The zero-order valence-electron chi connectivity index (χ0n) is 16.7. The molecule has 0 unspecified atom stereocenters. The molecule has 2 aromatic heterocycles. The quantitative estimate of drug-likeness (QED) is 0.571. The molecule has 1 atom stereocenters. The summed E-state index contributed by atoms with van der Waals surface area (Å²) in [7, 11) is 0. The van der Waals surface area contributed by atoms with Crippen LogP contribution >= 0.6 is 0 Å². The molecule has 0 aliphatic heterocycles. The van der Waals surface area contributed by atoms with E-state index in [1.807, 2.05) is 60.3 Å². The van der Waals surface area contributed by atoms with E-state index in [0.717, 1.165) is 59.5 Å². The summed E-state index contributed by atoms with van der Waals surface area (Å²) in [5.41, 5.74) is 5.48. The van der Waals surface area contributed by atoms with Gasteiger partial charge < -0.3 is 5.32 Å². The highest BCUT2D eigenvalue weighted by Gasteiger charge is 2.23. The molecule has 0 radical (unpaired) electrons. The van der Waals surface area contributed by atoms with Gasteiger partial charge in [0.2, 0.25) is 0 Å². The number of fused-ring (bicyclic) bond motifs is 2. The number of aryl methyl sites for hydroxylation is 2. The number of hydrogen-bond donors (Lipinski definition) is 1. The molecule has 7 heteroatoms. The molecule has 4 aromatic rings. The molecule has 7 nitrogen and oxygen atoms in total. The van der Waals surface area contributed by atoms with Crippen molar-refractivity contribution in [3.63, 3.8) is 0 Å². The molecular formula is C23H22N6O. The van der Waals surface area contributed by atoms with Gasteiger partial charge >= 0.3 is 0 Å². The molecular weight excluding hydrogens is 376 g/mol. The molecule has 5 rings (SSSR count). The molecule has 1 N–H and O–H groups in total. The number of carbonyl (C=O) groups is 1. The van der Waals surface area contributed by atoms with E-state index < -0.39 is 0 Å². The van der Waals surface area contributed by atoms with Gasteiger partial charge in [0.05, 0.1) is 5.52 Å². The number of carbonyl (C=O) groups excluding carboxylic acids is 1. The maximum absolute atomic E-state index is 12.8. The molecule has 1 aliphatic rings. The van der Waals surface area contributed by atoms with Gasteiger partial charge in [-0.05, 0) is 49.9 Å². The number of aromatic nitrogens is 5. The van der Waals surface area contributed by atoms with Crippen molar-refractivity contribution in [2.24, 2.45) is 0 Å². The summed E-state index contributed by atoms with van der Waals surface area (Å²) in [5, 5.41) is 11.4. The summed E-state index contributed by atoms with van der Waals surface area (Å²) in [5.74, 6) is 0.670. The van der Waals surface area contributed by atoms with Crippen LogP contribution in [0.2, 0.25) is 0 Å². The van der Waals surface area contributed by atoms with Crippen LogP contribution in [0, 0.1) is 0 Å². The topological polar surface area (TPSA) is 85.6 Å².